The Kier molecular flexibility index (Phi) is 7.38. The Hall–Kier alpha value is -3.98. The molecule has 4 aromatic rings. The minimum absolute atomic E-state index is 0.170. The molecule has 0 aliphatic carbocycles. The van der Waals surface area contributed by atoms with Gasteiger partial charge < -0.3 is 15.1 Å². The molecule has 1 aromatic carbocycles. The molecule has 2 fully saturated rings. The van der Waals surface area contributed by atoms with Crippen LogP contribution in [0, 0.1) is 5.41 Å². The van der Waals surface area contributed by atoms with Gasteiger partial charge in [0, 0.05) is 36.4 Å². The molecule has 3 aromatic heterocycles. The standard InChI is InChI=1S/C32H40N8O/c1-5-17-39-30(41)26-22-33-31(36-29(26)40(39)28-8-6-7-27(35-28)23(2)3)34-24-9-11-25(12-10-24)38-20-15-32(16-21-38)13-18-37(4)19-14-32/h5-12,22-23H,1,13-21H2,2-4H3,(H,33,34,36). The van der Waals surface area contributed by atoms with Crippen LogP contribution in [0.5, 0.6) is 0 Å². The molecule has 0 radical (unpaired) electrons. The summed E-state index contributed by atoms with van der Waals surface area (Å²) in [6.07, 6.45) is 8.50. The number of pyridine rings is 1. The van der Waals surface area contributed by atoms with Gasteiger partial charge in [-0.2, -0.15) is 4.98 Å². The molecule has 41 heavy (non-hydrogen) atoms. The van der Waals surface area contributed by atoms with Gasteiger partial charge in [0.1, 0.15) is 5.39 Å². The number of fused-ring (bicyclic) bond motifs is 1. The zero-order chi connectivity index (χ0) is 28.6. The van der Waals surface area contributed by atoms with Gasteiger partial charge in [0.05, 0.1) is 6.54 Å². The molecule has 9 heteroatoms. The van der Waals surface area contributed by atoms with E-state index in [1.807, 2.05) is 18.2 Å². The molecule has 0 amide bonds. The first-order valence-electron chi connectivity index (χ1n) is 14.7. The Bertz CT molecular complexity index is 1580. The van der Waals surface area contributed by atoms with Crippen molar-refractivity contribution in [2.24, 2.45) is 5.41 Å². The number of piperidine rings is 2. The first-order valence-corrected chi connectivity index (χ1v) is 14.7. The SMILES string of the molecule is C=CCn1c(=O)c2cnc(Nc3ccc(N4CCC5(CCN(C)CC5)CC4)cc3)nc2n1-c1cccc(C(C)C)n1. The fourth-order valence-electron chi connectivity index (χ4n) is 6.20. The van der Waals surface area contributed by atoms with E-state index in [0.717, 1.165) is 24.5 Å². The molecule has 1 spiro atoms. The molecular formula is C32H40N8O. The number of hydrogen-bond acceptors (Lipinski definition) is 7. The average molecular weight is 553 g/mol. The van der Waals surface area contributed by atoms with Crippen LogP contribution in [0.25, 0.3) is 16.9 Å². The first kappa shape index (κ1) is 27.2. The van der Waals surface area contributed by atoms with E-state index in [1.165, 1.54) is 44.5 Å². The maximum Gasteiger partial charge on any atom is 0.278 e. The van der Waals surface area contributed by atoms with Crippen molar-refractivity contribution in [3.63, 3.8) is 0 Å². The van der Waals surface area contributed by atoms with E-state index in [0.29, 0.717) is 34.8 Å². The highest BCUT2D eigenvalue weighted by Gasteiger charge is 2.36. The number of nitrogens with zero attached hydrogens (tertiary/aromatic N) is 7. The summed E-state index contributed by atoms with van der Waals surface area (Å²) in [6.45, 7) is 13.1. The average Bonchev–Trinajstić information content (AvgIpc) is 3.26. The van der Waals surface area contributed by atoms with E-state index >= 15 is 0 Å². The largest absolute Gasteiger partial charge is 0.371 e. The Morgan fingerprint density at radius 2 is 1.71 bits per heavy atom. The second kappa shape index (κ2) is 11.1. The molecular weight excluding hydrogens is 512 g/mol. The molecule has 6 rings (SSSR count). The van der Waals surface area contributed by atoms with Gasteiger partial charge in [-0.1, -0.05) is 26.0 Å². The fourth-order valence-corrected chi connectivity index (χ4v) is 6.20. The quantitative estimate of drug-likeness (QED) is 0.310. The fraction of sp³-hybridized carbons (Fsp3) is 0.438. The predicted molar refractivity (Wildman–Crippen MR) is 166 cm³/mol. The second-order valence-corrected chi connectivity index (χ2v) is 12.0. The molecule has 1 N–H and O–H groups in total. The van der Waals surface area contributed by atoms with Crippen LogP contribution in [0.2, 0.25) is 0 Å². The number of benzene rings is 1. The minimum atomic E-state index is -0.170. The van der Waals surface area contributed by atoms with Crippen molar-refractivity contribution >= 4 is 28.4 Å². The van der Waals surface area contributed by atoms with E-state index in [1.54, 1.807) is 21.6 Å². The van der Waals surface area contributed by atoms with Gasteiger partial charge in [0.25, 0.3) is 5.56 Å². The molecule has 214 valence electrons. The number of hydrogen-bond donors (Lipinski definition) is 1. The lowest BCUT2D eigenvalue weighted by Gasteiger charge is -2.46. The maximum atomic E-state index is 13.3. The van der Waals surface area contributed by atoms with E-state index in [9.17, 15) is 4.79 Å². The lowest BCUT2D eigenvalue weighted by Crippen LogP contribution is -2.46. The van der Waals surface area contributed by atoms with Crippen molar-refractivity contribution in [1.29, 1.82) is 0 Å². The molecule has 5 heterocycles. The van der Waals surface area contributed by atoms with Gasteiger partial charge in [-0.3, -0.25) is 4.79 Å². The highest BCUT2D eigenvalue weighted by molar-refractivity contribution is 5.77. The van der Waals surface area contributed by atoms with E-state index in [-0.39, 0.29) is 11.5 Å². The molecule has 0 atom stereocenters. The van der Waals surface area contributed by atoms with Gasteiger partial charge in [-0.05, 0) is 93.6 Å². The van der Waals surface area contributed by atoms with Crippen molar-refractivity contribution in [3.05, 3.63) is 77.4 Å². The summed E-state index contributed by atoms with van der Waals surface area (Å²) < 4.78 is 3.38. The third-order valence-electron chi connectivity index (χ3n) is 8.90. The summed E-state index contributed by atoms with van der Waals surface area (Å²) in [5, 5.41) is 3.78. The number of likely N-dealkylation sites (tertiary alicyclic amines) is 1. The number of allylic oxidation sites excluding steroid dienone is 1. The Labute approximate surface area is 241 Å². The summed E-state index contributed by atoms with van der Waals surface area (Å²) in [7, 11) is 2.24. The number of nitrogens with one attached hydrogen (secondary N) is 1. The van der Waals surface area contributed by atoms with Crippen LogP contribution in [0.3, 0.4) is 0 Å². The summed E-state index contributed by atoms with van der Waals surface area (Å²) in [6, 6.07) is 14.4. The first-order chi connectivity index (χ1) is 19.9. The van der Waals surface area contributed by atoms with Crippen LogP contribution in [-0.4, -0.2) is 62.4 Å². The van der Waals surface area contributed by atoms with Gasteiger partial charge >= 0.3 is 0 Å². The van der Waals surface area contributed by atoms with Crippen LogP contribution >= 0.6 is 0 Å². The van der Waals surface area contributed by atoms with Gasteiger partial charge in [-0.15, -0.1) is 6.58 Å². The highest BCUT2D eigenvalue weighted by Crippen LogP contribution is 2.42. The predicted octanol–water partition coefficient (Wildman–Crippen LogP) is 5.34. The molecule has 2 aliphatic heterocycles. The number of aromatic nitrogens is 5. The van der Waals surface area contributed by atoms with Crippen molar-refractivity contribution in [2.45, 2.75) is 52.0 Å². The topological polar surface area (TPSA) is 84.1 Å². The summed E-state index contributed by atoms with van der Waals surface area (Å²) in [5.41, 5.74) is 3.98. The smallest absolute Gasteiger partial charge is 0.278 e. The Morgan fingerprint density at radius 1 is 1.00 bits per heavy atom. The highest BCUT2D eigenvalue weighted by atomic mass is 16.1. The number of anilines is 3. The van der Waals surface area contributed by atoms with Crippen LogP contribution in [-0.2, 0) is 6.54 Å². The monoisotopic (exact) mass is 552 g/mol. The van der Waals surface area contributed by atoms with E-state index in [2.05, 4.69) is 71.8 Å². The molecule has 9 nitrogen and oxygen atoms in total. The summed E-state index contributed by atoms with van der Waals surface area (Å²) >= 11 is 0. The molecule has 0 saturated carbocycles. The Balaban J connectivity index is 1.23. The van der Waals surface area contributed by atoms with Crippen molar-refractivity contribution in [3.8, 4) is 5.82 Å². The van der Waals surface area contributed by atoms with E-state index in [4.69, 9.17) is 9.97 Å². The normalized spacial score (nSPS) is 17.4. The summed E-state index contributed by atoms with van der Waals surface area (Å²) in [4.78, 5) is 32.3. The van der Waals surface area contributed by atoms with Crippen LogP contribution in [0.4, 0.5) is 17.3 Å². The van der Waals surface area contributed by atoms with Crippen molar-refractivity contribution in [1.82, 2.24) is 29.2 Å². The second-order valence-electron chi connectivity index (χ2n) is 12.0. The Morgan fingerprint density at radius 3 is 2.39 bits per heavy atom. The summed E-state index contributed by atoms with van der Waals surface area (Å²) in [5.74, 6) is 1.33. The number of rotatable bonds is 7. The van der Waals surface area contributed by atoms with Crippen LogP contribution in [0.15, 0.2) is 66.1 Å². The molecule has 2 aliphatic rings. The zero-order valence-corrected chi connectivity index (χ0v) is 24.4. The van der Waals surface area contributed by atoms with Gasteiger partial charge in [0.15, 0.2) is 11.5 Å². The van der Waals surface area contributed by atoms with E-state index < -0.39 is 0 Å². The van der Waals surface area contributed by atoms with Crippen molar-refractivity contribution < 1.29 is 0 Å². The van der Waals surface area contributed by atoms with Gasteiger partial charge in [0.2, 0.25) is 5.95 Å². The molecule has 2 saturated heterocycles. The lowest BCUT2D eigenvalue weighted by molar-refractivity contribution is 0.0945. The molecule has 0 unspecified atom stereocenters. The third-order valence-corrected chi connectivity index (χ3v) is 8.90. The van der Waals surface area contributed by atoms with Crippen LogP contribution < -0.4 is 15.8 Å². The third kappa shape index (κ3) is 5.38. The minimum Gasteiger partial charge on any atom is -0.371 e. The van der Waals surface area contributed by atoms with Gasteiger partial charge in [-0.25, -0.2) is 19.3 Å². The lowest BCUT2D eigenvalue weighted by atomic mass is 9.71. The van der Waals surface area contributed by atoms with Crippen LogP contribution in [0.1, 0.15) is 51.1 Å². The zero-order valence-electron chi connectivity index (χ0n) is 24.4. The molecule has 0 bridgehead atoms. The maximum absolute atomic E-state index is 13.3. The van der Waals surface area contributed by atoms with Crippen molar-refractivity contribution in [2.75, 3.05) is 43.4 Å².